The van der Waals surface area contributed by atoms with Crippen molar-refractivity contribution < 1.29 is 22.7 Å². The molecule has 1 heterocycles. The Bertz CT molecular complexity index is 1620. The maximum atomic E-state index is 13.8. The zero-order valence-corrected chi connectivity index (χ0v) is 24.2. The highest BCUT2D eigenvalue weighted by Gasteiger charge is 2.29. The van der Waals surface area contributed by atoms with E-state index in [2.05, 4.69) is 15.1 Å². The first-order chi connectivity index (χ1) is 19.6. The number of likely N-dealkylation sites (N-methyl/N-ethyl adjacent to an activating group) is 1. The largest absolute Gasteiger partial charge is 0.497 e. The summed E-state index contributed by atoms with van der Waals surface area (Å²) in [6.45, 7) is 3.83. The molecule has 1 unspecified atom stereocenters. The average Bonchev–Trinajstić information content (AvgIpc) is 3.39. The fourth-order valence-corrected chi connectivity index (χ4v) is 5.84. The topological polar surface area (TPSA) is 123 Å². The SMILES string of the molecule is CCN(C(=O)C(Cc1ccccc1)NC(=O)NS(=O)(=O)c1cccc(-c2ccnn2C)c1C)c1ccc(OC)cc1. The first kappa shape index (κ1) is 29.3. The van der Waals surface area contributed by atoms with E-state index >= 15 is 0 Å². The zero-order valence-electron chi connectivity index (χ0n) is 23.4. The molecule has 1 atom stereocenters. The van der Waals surface area contributed by atoms with Crippen LogP contribution in [0.1, 0.15) is 18.1 Å². The number of hydrogen-bond donors (Lipinski definition) is 2. The van der Waals surface area contributed by atoms with Crippen LogP contribution in [0.2, 0.25) is 0 Å². The molecule has 0 aliphatic heterocycles. The molecule has 0 bridgehead atoms. The Hall–Kier alpha value is -4.64. The Morgan fingerprint density at radius 3 is 2.32 bits per heavy atom. The zero-order chi connectivity index (χ0) is 29.6. The summed E-state index contributed by atoms with van der Waals surface area (Å²) in [5.41, 5.74) is 3.29. The molecule has 11 heteroatoms. The number of anilines is 1. The second kappa shape index (κ2) is 12.7. The lowest BCUT2D eigenvalue weighted by Crippen LogP contribution is -2.53. The average molecular weight is 576 g/mol. The number of amides is 3. The van der Waals surface area contributed by atoms with E-state index in [1.165, 1.54) is 11.0 Å². The lowest BCUT2D eigenvalue weighted by Gasteiger charge is -2.27. The highest BCUT2D eigenvalue weighted by molar-refractivity contribution is 7.90. The van der Waals surface area contributed by atoms with Crippen LogP contribution >= 0.6 is 0 Å². The summed E-state index contributed by atoms with van der Waals surface area (Å²) >= 11 is 0. The van der Waals surface area contributed by atoms with E-state index in [1.54, 1.807) is 74.4 Å². The molecule has 0 saturated carbocycles. The van der Waals surface area contributed by atoms with Crippen molar-refractivity contribution in [3.05, 3.63) is 96.2 Å². The van der Waals surface area contributed by atoms with Gasteiger partial charge in [-0.2, -0.15) is 5.10 Å². The normalized spacial score (nSPS) is 11.9. The van der Waals surface area contributed by atoms with Gasteiger partial charge in [0.1, 0.15) is 11.8 Å². The van der Waals surface area contributed by atoms with E-state index in [4.69, 9.17) is 4.74 Å². The molecule has 41 heavy (non-hydrogen) atoms. The number of carbonyl (C=O) groups excluding carboxylic acids is 2. The Kier molecular flexibility index (Phi) is 9.08. The third-order valence-electron chi connectivity index (χ3n) is 6.75. The smallest absolute Gasteiger partial charge is 0.329 e. The number of aromatic nitrogens is 2. The van der Waals surface area contributed by atoms with Gasteiger partial charge >= 0.3 is 6.03 Å². The van der Waals surface area contributed by atoms with Crippen molar-refractivity contribution in [1.82, 2.24) is 19.8 Å². The number of hydrogen-bond acceptors (Lipinski definition) is 6. The molecule has 0 fully saturated rings. The molecule has 0 aliphatic carbocycles. The third kappa shape index (κ3) is 6.75. The molecule has 10 nitrogen and oxygen atoms in total. The highest BCUT2D eigenvalue weighted by Crippen LogP contribution is 2.27. The number of sulfonamides is 1. The minimum Gasteiger partial charge on any atom is -0.497 e. The van der Waals surface area contributed by atoms with Gasteiger partial charge in [0.05, 0.1) is 17.7 Å². The van der Waals surface area contributed by atoms with Gasteiger partial charge in [-0.05, 0) is 61.4 Å². The van der Waals surface area contributed by atoms with Gasteiger partial charge in [-0.15, -0.1) is 0 Å². The number of ether oxygens (including phenoxy) is 1. The van der Waals surface area contributed by atoms with Crippen molar-refractivity contribution in [1.29, 1.82) is 0 Å². The summed E-state index contributed by atoms with van der Waals surface area (Å²) < 4.78 is 35.7. The maximum Gasteiger partial charge on any atom is 0.329 e. The minimum absolute atomic E-state index is 0.0503. The lowest BCUT2D eigenvalue weighted by molar-refractivity contribution is -0.120. The van der Waals surface area contributed by atoms with Crippen molar-refractivity contribution >= 4 is 27.6 Å². The number of urea groups is 1. The van der Waals surface area contributed by atoms with Crippen LogP contribution in [0.5, 0.6) is 5.75 Å². The number of benzene rings is 3. The quantitative estimate of drug-likeness (QED) is 0.294. The van der Waals surface area contributed by atoms with Crippen molar-refractivity contribution in [2.45, 2.75) is 31.2 Å². The van der Waals surface area contributed by atoms with Gasteiger partial charge in [-0.3, -0.25) is 9.48 Å². The van der Waals surface area contributed by atoms with Gasteiger partial charge in [-0.25, -0.2) is 17.9 Å². The van der Waals surface area contributed by atoms with Crippen LogP contribution in [0.25, 0.3) is 11.3 Å². The van der Waals surface area contributed by atoms with Gasteiger partial charge < -0.3 is 15.0 Å². The second-order valence-corrected chi connectivity index (χ2v) is 11.0. The van der Waals surface area contributed by atoms with Crippen LogP contribution < -0.4 is 19.7 Å². The number of nitrogens with one attached hydrogen (secondary N) is 2. The Labute approximate surface area is 240 Å². The summed E-state index contributed by atoms with van der Waals surface area (Å²) in [5, 5.41) is 6.76. The Morgan fingerprint density at radius 2 is 1.71 bits per heavy atom. The molecule has 1 aromatic heterocycles. The molecule has 4 aromatic rings. The molecule has 3 amide bonds. The molecule has 0 spiro atoms. The molecular formula is C30H33N5O5S. The Morgan fingerprint density at radius 1 is 1.00 bits per heavy atom. The van der Waals surface area contributed by atoms with Crippen molar-refractivity contribution in [2.75, 3.05) is 18.6 Å². The number of nitrogens with zero attached hydrogens (tertiary/aromatic N) is 3. The molecule has 0 aliphatic rings. The van der Waals surface area contributed by atoms with Crippen molar-refractivity contribution in [3.8, 4) is 17.0 Å². The standard InChI is InChI=1S/C30H33N5O5S/c1-5-35(23-14-16-24(40-4)17-15-23)29(36)26(20-22-10-7-6-8-11-22)32-30(37)33-41(38,39)28-13-9-12-25(21(28)2)27-18-19-31-34(27)3/h6-19,26H,5,20H2,1-4H3,(H2,32,33,37). The maximum absolute atomic E-state index is 13.8. The van der Waals surface area contributed by atoms with Crippen LogP contribution in [-0.2, 0) is 28.3 Å². The first-order valence-electron chi connectivity index (χ1n) is 13.0. The van der Waals surface area contributed by atoms with Crippen LogP contribution in [0.3, 0.4) is 0 Å². The van der Waals surface area contributed by atoms with Crippen molar-refractivity contribution in [2.24, 2.45) is 7.05 Å². The second-order valence-electron chi connectivity index (χ2n) is 9.37. The summed E-state index contributed by atoms with van der Waals surface area (Å²) in [6.07, 6.45) is 1.78. The number of methoxy groups -OCH3 is 1. The third-order valence-corrected chi connectivity index (χ3v) is 8.23. The molecule has 4 rings (SSSR count). The van der Waals surface area contributed by atoms with Crippen LogP contribution in [0.15, 0.2) is 90.0 Å². The van der Waals surface area contributed by atoms with E-state index in [-0.39, 0.29) is 17.2 Å². The minimum atomic E-state index is -4.28. The first-order valence-corrected chi connectivity index (χ1v) is 14.5. The molecule has 2 N–H and O–H groups in total. The van der Waals surface area contributed by atoms with Gasteiger partial charge in [0.15, 0.2) is 0 Å². The van der Waals surface area contributed by atoms with E-state index < -0.39 is 22.1 Å². The van der Waals surface area contributed by atoms with E-state index in [9.17, 15) is 18.0 Å². The van der Waals surface area contributed by atoms with Crippen LogP contribution in [0, 0.1) is 6.92 Å². The van der Waals surface area contributed by atoms with Crippen LogP contribution in [0.4, 0.5) is 10.5 Å². The molecule has 214 valence electrons. The van der Waals surface area contributed by atoms with Crippen molar-refractivity contribution in [3.63, 3.8) is 0 Å². The van der Waals surface area contributed by atoms with E-state index in [0.29, 0.717) is 29.1 Å². The highest BCUT2D eigenvalue weighted by atomic mass is 32.2. The van der Waals surface area contributed by atoms with E-state index in [0.717, 1.165) is 11.3 Å². The predicted octanol–water partition coefficient (Wildman–Crippen LogP) is 4.06. The summed E-state index contributed by atoms with van der Waals surface area (Å²) in [7, 11) is -0.960. The molecule has 0 radical (unpaired) electrons. The van der Waals surface area contributed by atoms with E-state index in [1.807, 2.05) is 37.3 Å². The van der Waals surface area contributed by atoms with Gasteiger partial charge in [0.2, 0.25) is 5.91 Å². The van der Waals surface area contributed by atoms with Gasteiger partial charge in [-0.1, -0.05) is 42.5 Å². The molecule has 3 aromatic carbocycles. The lowest BCUT2D eigenvalue weighted by atomic mass is 10.0. The van der Waals surface area contributed by atoms with Crippen LogP contribution in [-0.4, -0.2) is 49.8 Å². The monoisotopic (exact) mass is 575 g/mol. The summed E-state index contributed by atoms with van der Waals surface area (Å²) in [6, 6.07) is 20.7. The number of rotatable bonds is 10. The fourth-order valence-electron chi connectivity index (χ4n) is 4.65. The number of carbonyl (C=O) groups is 2. The summed E-state index contributed by atoms with van der Waals surface area (Å²) in [4.78, 5) is 28.4. The predicted molar refractivity (Wildman–Crippen MR) is 157 cm³/mol. The Balaban J connectivity index is 1.59. The summed E-state index contributed by atoms with van der Waals surface area (Å²) in [5.74, 6) is 0.256. The number of aryl methyl sites for hydroxylation is 1. The molecular weight excluding hydrogens is 542 g/mol. The molecule has 0 saturated heterocycles. The fraction of sp³-hybridized carbons (Fsp3) is 0.233. The van der Waals surface area contributed by atoms with Gasteiger partial charge in [0, 0.05) is 37.5 Å². The van der Waals surface area contributed by atoms with Gasteiger partial charge in [0.25, 0.3) is 10.0 Å².